The van der Waals surface area contributed by atoms with Crippen LogP contribution in [-0.2, 0) is 9.53 Å². The average molecular weight is 182 g/mol. The van der Waals surface area contributed by atoms with Crippen molar-refractivity contribution in [1.29, 1.82) is 0 Å². The highest BCUT2D eigenvalue weighted by molar-refractivity contribution is 5.51. The van der Waals surface area contributed by atoms with Crippen LogP contribution in [0.2, 0.25) is 0 Å². The summed E-state index contributed by atoms with van der Waals surface area (Å²) in [6.45, 7) is 0.896. The van der Waals surface area contributed by atoms with Crippen molar-refractivity contribution in [2.45, 2.75) is 38.5 Å². The first-order valence-corrected chi connectivity index (χ1v) is 5.17. The Labute approximate surface area is 79.7 Å². The molecule has 74 valence electrons. The van der Waals surface area contributed by atoms with E-state index in [1.807, 2.05) is 0 Å². The Kier molecular flexibility index (Phi) is 2.18. The van der Waals surface area contributed by atoms with Crippen LogP contribution in [0.1, 0.15) is 38.5 Å². The third kappa shape index (κ3) is 1.41. The van der Waals surface area contributed by atoms with Crippen molar-refractivity contribution in [3.63, 3.8) is 0 Å². The van der Waals surface area contributed by atoms with Crippen molar-refractivity contribution in [2.75, 3.05) is 13.7 Å². The van der Waals surface area contributed by atoms with Gasteiger partial charge in [0.25, 0.3) is 0 Å². The number of methoxy groups -OCH3 is 1. The van der Waals surface area contributed by atoms with E-state index in [2.05, 4.69) is 0 Å². The minimum absolute atomic E-state index is 0.375. The molecule has 2 nitrogen and oxygen atoms in total. The molecule has 13 heavy (non-hydrogen) atoms. The lowest BCUT2D eigenvalue weighted by Gasteiger charge is -2.26. The summed E-state index contributed by atoms with van der Waals surface area (Å²) < 4.78 is 5.28. The number of aldehydes is 1. The summed E-state index contributed by atoms with van der Waals surface area (Å²) in [6, 6.07) is 0. The van der Waals surface area contributed by atoms with Crippen molar-refractivity contribution >= 4 is 6.29 Å². The van der Waals surface area contributed by atoms with E-state index < -0.39 is 0 Å². The number of ether oxygens (including phenoxy) is 1. The quantitative estimate of drug-likeness (QED) is 0.623. The highest BCUT2D eigenvalue weighted by Crippen LogP contribution is 2.62. The molecule has 0 spiro atoms. The van der Waals surface area contributed by atoms with Gasteiger partial charge in [-0.15, -0.1) is 0 Å². The Bertz CT molecular complexity index is 202. The summed E-state index contributed by atoms with van der Waals surface area (Å²) in [5, 5.41) is 0. The van der Waals surface area contributed by atoms with E-state index in [1.165, 1.54) is 32.1 Å². The smallest absolute Gasteiger partial charge is 0.120 e. The fourth-order valence-electron chi connectivity index (χ4n) is 3.41. The first-order chi connectivity index (χ1) is 6.24. The lowest BCUT2D eigenvalue weighted by atomic mass is 9.81. The Morgan fingerprint density at radius 3 is 2.38 bits per heavy atom. The molecule has 0 atom stereocenters. The second-order valence-electron chi connectivity index (χ2n) is 4.98. The molecule has 2 saturated carbocycles. The molecule has 0 unspecified atom stereocenters. The largest absolute Gasteiger partial charge is 0.384 e. The summed E-state index contributed by atoms with van der Waals surface area (Å²) in [4.78, 5) is 10.6. The molecule has 0 amide bonds. The van der Waals surface area contributed by atoms with Crippen LogP contribution >= 0.6 is 0 Å². The Hall–Kier alpha value is -0.370. The zero-order valence-corrected chi connectivity index (χ0v) is 8.34. The maximum Gasteiger partial charge on any atom is 0.120 e. The van der Waals surface area contributed by atoms with Gasteiger partial charge in [-0.05, 0) is 42.9 Å². The number of carbonyl (C=O) groups is 1. The Morgan fingerprint density at radius 1 is 1.23 bits per heavy atom. The Balaban J connectivity index is 2.05. The van der Waals surface area contributed by atoms with E-state index in [1.54, 1.807) is 7.11 Å². The van der Waals surface area contributed by atoms with Gasteiger partial charge in [0.05, 0.1) is 6.61 Å². The van der Waals surface area contributed by atoms with Crippen LogP contribution in [0, 0.1) is 10.8 Å². The normalized spacial score (nSPS) is 42.5. The van der Waals surface area contributed by atoms with E-state index in [9.17, 15) is 4.79 Å². The number of carbonyl (C=O) groups excluding carboxylic acids is 1. The first kappa shape index (κ1) is 9.20. The number of hydrogen-bond donors (Lipinski definition) is 0. The molecule has 0 aromatic heterocycles. The second kappa shape index (κ2) is 3.09. The highest BCUT2D eigenvalue weighted by Gasteiger charge is 2.53. The topological polar surface area (TPSA) is 26.3 Å². The predicted octanol–water partition coefficient (Wildman–Crippen LogP) is 2.17. The molecule has 0 radical (unpaired) electrons. The molecule has 0 saturated heterocycles. The molecule has 2 fully saturated rings. The van der Waals surface area contributed by atoms with E-state index in [0.717, 1.165) is 19.3 Å². The van der Waals surface area contributed by atoms with Crippen LogP contribution in [0.4, 0.5) is 0 Å². The first-order valence-electron chi connectivity index (χ1n) is 5.17. The number of rotatable bonds is 4. The third-order valence-electron chi connectivity index (χ3n) is 4.09. The van der Waals surface area contributed by atoms with E-state index >= 15 is 0 Å². The fraction of sp³-hybridized carbons (Fsp3) is 0.909. The van der Waals surface area contributed by atoms with Gasteiger partial charge in [0.1, 0.15) is 6.29 Å². The van der Waals surface area contributed by atoms with Crippen LogP contribution in [-0.4, -0.2) is 20.0 Å². The summed E-state index contributed by atoms with van der Waals surface area (Å²) in [5.74, 6) is 0. The van der Waals surface area contributed by atoms with Crippen LogP contribution in [0.5, 0.6) is 0 Å². The maximum atomic E-state index is 10.6. The molecule has 0 aliphatic heterocycles. The van der Waals surface area contributed by atoms with Gasteiger partial charge < -0.3 is 9.53 Å². The zero-order chi connectivity index (χ0) is 9.36. The fourth-order valence-corrected chi connectivity index (χ4v) is 3.41. The molecular formula is C11H18O2. The molecule has 0 aromatic carbocycles. The third-order valence-corrected chi connectivity index (χ3v) is 4.09. The van der Waals surface area contributed by atoms with Gasteiger partial charge in [0, 0.05) is 13.5 Å². The molecule has 2 bridgehead atoms. The predicted molar refractivity (Wildman–Crippen MR) is 50.5 cm³/mol. The minimum atomic E-state index is 0.375. The monoisotopic (exact) mass is 182 g/mol. The molecule has 0 heterocycles. The summed E-state index contributed by atoms with van der Waals surface area (Å²) in [6.07, 6.45) is 8.15. The van der Waals surface area contributed by atoms with E-state index in [-0.39, 0.29) is 0 Å². The molecule has 0 N–H and O–H groups in total. The second-order valence-corrected chi connectivity index (χ2v) is 4.98. The van der Waals surface area contributed by atoms with E-state index in [0.29, 0.717) is 10.8 Å². The number of fused-ring (bicyclic) bond motifs is 2. The minimum Gasteiger partial charge on any atom is -0.384 e. The average Bonchev–Trinajstić information content (AvgIpc) is 2.61. The summed E-state index contributed by atoms with van der Waals surface area (Å²) >= 11 is 0. The van der Waals surface area contributed by atoms with Gasteiger partial charge >= 0.3 is 0 Å². The van der Waals surface area contributed by atoms with Crippen LogP contribution in [0.3, 0.4) is 0 Å². The summed E-state index contributed by atoms with van der Waals surface area (Å²) in [7, 11) is 1.78. The molecule has 2 rings (SSSR count). The van der Waals surface area contributed by atoms with Gasteiger partial charge in [0.2, 0.25) is 0 Å². The van der Waals surface area contributed by atoms with E-state index in [4.69, 9.17) is 4.74 Å². The van der Waals surface area contributed by atoms with Crippen molar-refractivity contribution < 1.29 is 9.53 Å². The van der Waals surface area contributed by atoms with Gasteiger partial charge in [-0.1, -0.05) is 0 Å². The molecule has 2 heteroatoms. The molecule has 2 aliphatic rings. The Morgan fingerprint density at radius 2 is 1.85 bits per heavy atom. The molecule has 0 aromatic rings. The van der Waals surface area contributed by atoms with Crippen molar-refractivity contribution in [3.05, 3.63) is 0 Å². The zero-order valence-electron chi connectivity index (χ0n) is 8.34. The molecular weight excluding hydrogens is 164 g/mol. The highest BCUT2D eigenvalue weighted by atomic mass is 16.5. The standard InChI is InChI=1S/C11H18O2/c1-13-9-11-4-2-10(8-11,3-5-11)6-7-12/h7H,2-6,8-9H2,1H3. The van der Waals surface area contributed by atoms with Crippen LogP contribution < -0.4 is 0 Å². The summed E-state index contributed by atoms with van der Waals surface area (Å²) in [5.41, 5.74) is 0.817. The van der Waals surface area contributed by atoms with Gasteiger partial charge in [-0.2, -0.15) is 0 Å². The number of hydrogen-bond acceptors (Lipinski definition) is 2. The van der Waals surface area contributed by atoms with Crippen LogP contribution in [0.25, 0.3) is 0 Å². The van der Waals surface area contributed by atoms with Gasteiger partial charge in [-0.3, -0.25) is 0 Å². The van der Waals surface area contributed by atoms with Gasteiger partial charge in [-0.25, -0.2) is 0 Å². The van der Waals surface area contributed by atoms with Gasteiger partial charge in [0.15, 0.2) is 0 Å². The lowest BCUT2D eigenvalue weighted by Crippen LogP contribution is -2.20. The van der Waals surface area contributed by atoms with Crippen molar-refractivity contribution in [1.82, 2.24) is 0 Å². The maximum absolute atomic E-state index is 10.6. The van der Waals surface area contributed by atoms with Crippen molar-refractivity contribution in [2.24, 2.45) is 10.8 Å². The lowest BCUT2D eigenvalue weighted by molar-refractivity contribution is -0.109. The van der Waals surface area contributed by atoms with Crippen LogP contribution in [0.15, 0.2) is 0 Å². The molecule has 2 aliphatic carbocycles. The SMILES string of the molecule is COCC12CCC(CC=O)(CC1)C2. The van der Waals surface area contributed by atoms with Crippen molar-refractivity contribution in [3.8, 4) is 0 Å².